The highest BCUT2D eigenvalue weighted by molar-refractivity contribution is 5.86. The van der Waals surface area contributed by atoms with E-state index in [-0.39, 0.29) is 12.0 Å². The van der Waals surface area contributed by atoms with Crippen molar-refractivity contribution < 1.29 is 9.53 Å². The summed E-state index contributed by atoms with van der Waals surface area (Å²) in [6.07, 6.45) is 0.977. The molecule has 0 saturated carbocycles. The molecule has 18 heavy (non-hydrogen) atoms. The van der Waals surface area contributed by atoms with E-state index in [4.69, 9.17) is 10.5 Å². The van der Waals surface area contributed by atoms with E-state index in [1.807, 2.05) is 27.8 Å². The Labute approximate surface area is 110 Å². The van der Waals surface area contributed by atoms with Crippen LogP contribution in [0.4, 0.5) is 0 Å². The third kappa shape index (κ3) is 3.43. The van der Waals surface area contributed by atoms with Crippen molar-refractivity contribution in [1.29, 1.82) is 0 Å². The van der Waals surface area contributed by atoms with Gasteiger partial charge >= 0.3 is 0 Å². The lowest BCUT2D eigenvalue weighted by Gasteiger charge is -2.45. The van der Waals surface area contributed by atoms with Gasteiger partial charge in [-0.15, -0.1) is 0 Å². The number of likely N-dealkylation sites (N-methyl/N-ethyl adjacent to an activating group) is 1. The zero-order valence-corrected chi connectivity index (χ0v) is 12.1. The van der Waals surface area contributed by atoms with Gasteiger partial charge in [0.15, 0.2) is 0 Å². The smallest absolute Gasteiger partial charge is 0.242 e. The summed E-state index contributed by atoms with van der Waals surface area (Å²) in [7, 11) is 1.87. The Morgan fingerprint density at radius 1 is 1.44 bits per heavy atom. The minimum atomic E-state index is -0.418. The standard InChI is InChI=1S/C13H27N3O2/c1-5-18-11(10-14)6-7-16-9-8-15(4)12(17)13(16,2)3/h11H,5-10,14H2,1-4H3. The van der Waals surface area contributed by atoms with Gasteiger partial charge in [0.25, 0.3) is 0 Å². The maximum absolute atomic E-state index is 12.1. The van der Waals surface area contributed by atoms with Crippen molar-refractivity contribution >= 4 is 5.91 Å². The van der Waals surface area contributed by atoms with Crippen LogP contribution in [0, 0.1) is 0 Å². The second-order valence-corrected chi connectivity index (χ2v) is 5.37. The normalized spacial score (nSPS) is 22.3. The van der Waals surface area contributed by atoms with Gasteiger partial charge < -0.3 is 15.4 Å². The monoisotopic (exact) mass is 257 g/mol. The summed E-state index contributed by atoms with van der Waals surface area (Å²) >= 11 is 0. The highest BCUT2D eigenvalue weighted by Gasteiger charge is 2.40. The lowest BCUT2D eigenvalue weighted by Crippen LogP contribution is -2.62. The van der Waals surface area contributed by atoms with Crippen molar-refractivity contribution in [3.05, 3.63) is 0 Å². The molecule has 1 amide bonds. The molecule has 1 saturated heterocycles. The van der Waals surface area contributed by atoms with Crippen LogP contribution >= 0.6 is 0 Å². The Hall–Kier alpha value is -0.650. The molecular weight excluding hydrogens is 230 g/mol. The second-order valence-electron chi connectivity index (χ2n) is 5.37. The summed E-state index contributed by atoms with van der Waals surface area (Å²) in [6.45, 7) is 9.75. The van der Waals surface area contributed by atoms with Crippen LogP contribution in [0.2, 0.25) is 0 Å². The number of carbonyl (C=O) groups excluding carboxylic acids is 1. The molecule has 5 nitrogen and oxygen atoms in total. The second kappa shape index (κ2) is 6.50. The third-order valence-corrected chi connectivity index (χ3v) is 3.75. The zero-order chi connectivity index (χ0) is 13.8. The van der Waals surface area contributed by atoms with Gasteiger partial charge in [0.05, 0.1) is 11.6 Å². The molecule has 0 radical (unpaired) electrons. The fourth-order valence-electron chi connectivity index (χ4n) is 2.45. The molecular formula is C13H27N3O2. The van der Waals surface area contributed by atoms with Crippen molar-refractivity contribution in [3.8, 4) is 0 Å². The van der Waals surface area contributed by atoms with Crippen LogP contribution in [0.5, 0.6) is 0 Å². The lowest BCUT2D eigenvalue weighted by molar-refractivity contribution is -0.147. The van der Waals surface area contributed by atoms with E-state index in [9.17, 15) is 4.79 Å². The zero-order valence-electron chi connectivity index (χ0n) is 12.1. The van der Waals surface area contributed by atoms with Gasteiger partial charge in [-0.2, -0.15) is 0 Å². The van der Waals surface area contributed by atoms with Crippen molar-refractivity contribution in [2.45, 2.75) is 38.8 Å². The Balaban J connectivity index is 2.53. The summed E-state index contributed by atoms with van der Waals surface area (Å²) in [5.74, 6) is 0.189. The molecule has 106 valence electrons. The van der Waals surface area contributed by atoms with Crippen LogP contribution in [0.15, 0.2) is 0 Å². The first-order valence-corrected chi connectivity index (χ1v) is 6.75. The maximum Gasteiger partial charge on any atom is 0.242 e. The van der Waals surface area contributed by atoms with Crippen LogP contribution in [-0.2, 0) is 9.53 Å². The molecule has 1 rings (SSSR count). The summed E-state index contributed by atoms with van der Waals surface area (Å²) in [4.78, 5) is 16.2. The van der Waals surface area contributed by atoms with E-state index in [1.165, 1.54) is 0 Å². The van der Waals surface area contributed by atoms with Crippen LogP contribution < -0.4 is 5.73 Å². The number of hydrogen-bond donors (Lipinski definition) is 1. The number of nitrogens with zero attached hydrogens (tertiary/aromatic N) is 2. The first-order chi connectivity index (χ1) is 8.43. The summed E-state index contributed by atoms with van der Waals surface area (Å²) in [5, 5.41) is 0. The number of amides is 1. The molecule has 1 heterocycles. The largest absolute Gasteiger partial charge is 0.377 e. The number of hydrogen-bond acceptors (Lipinski definition) is 4. The van der Waals surface area contributed by atoms with Crippen LogP contribution in [0.25, 0.3) is 0 Å². The van der Waals surface area contributed by atoms with Crippen molar-refractivity contribution in [1.82, 2.24) is 9.80 Å². The minimum Gasteiger partial charge on any atom is -0.377 e. The lowest BCUT2D eigenvalue weighted by atomic mass is 9.97. The van der Waals surface area contributed by atoms with Gasteiger partial charge in [-0.25, -0.2) is 0 Å². The molecule has 1 aliphatic heterocycles. The molecule has 0 bridgehead atoms. The van der Waals surface area contributed by atoms with Crippen LogP contribution in [0.1, 0.15) is 27.2 Å². The van der Waals surface area contributed by atoms with E-state index in [2.05, 4.69) is 4.90 Å². The Bertz CT molecular complexity index is 281. The first kappa shape index (κ1) is 15.4. The molecule has 1 fully saturated rings. The topological polar surface area (TPSA) is 58.8 Å². The van der Waals surface area contributed by atoms with Gasteiger partial charge in [-0.1, -0.05) is 0 Å². The number of rotatable bonds is 6. The van der Waals surface area contributed by atoms with Crippen molar-refractivity contribution in [2.75, 3.05) is 39.8 Å². The van der Waals surface area contributed by atoms with Gasteiger partial charge in [0.2, 0.25) is 5.91 Å². The predicted octanol–water partition coefficient (Wildman–Crippen LogP) is 0.293. The molecule has 0 aliphatic carbocycles. The molecule has 5 heteroatoms. The van der Waals surface area contributed by atoms with E-state index >= 15 is 0 Å². The quantitative estimate of drug-likeness (QED) is 0.743. The fourth-order valence-corrected chi connectivity index (χ4v) is 2.45. The summed E-state index contributed by atoms with van der Waals surface area (Å²) < 4.78 is 5.55. The summed E-state index contributed by atoms with van der Waals surface area (Å²) in [5.41, 5.74) is 5.25. The van der Waals surface area contributed by atoms with E-state index < -0.39 is 5.54 Å². The predicted molar refractivity (Wildman–Crippen MR) is 72.4 cm³/mol. The maximum atomic E-state index is 12.1. The molecule has 0 spiro atoms. The molecule has 0 aromatic rings. The van der Waals surface area contributed by atoms with Crippen LogP contribution in [-0.4, -0.2) is 67.2 Å². The van der Waals surface area contributed by atoms with Crippen LogP contribution in [0.3, 0.4) is 0 Å². The van der Waals surface area contributed by atoms with E-state index in [1.54, 1.807) is 4.90 Å². The first-order valence-electron chi connectivity index (χ1n) is 6.75. The van der Waals surface area contributed by atoms with Gasteiger partial charge in [-0.05, 0) is 27.2 Å². The molecule has 1 unspecified atom stereocenters. The molecule has 1 aliphatic rings. The molecule has 2 N–H and O–H groups in total. The van der Waals surface area contributed by atoms with Crippen molar-refractivity contribution in [3.63, 3.8) is 0 Å². The molecule has 0 aromatic heterocycles. The number of nitrogens with two attached hydrogens (primary N) is 1. The highest BCUT2D eigenvalue weighted by Crippen LogP contribution is 2.22. The number of ether oxygens (including phenoxy) is 1. The SMILES string of the molecule is CCOC(CN)CCN1CCN(C)C(=O)C1(C)C. The fraction of sp³-hybridized carbons (Fsp3) is 0.923. The summed E-state index contributed by atoms with van der Waals surface area (Å²) in [6, 6.07) is 0. The highest BCUT2D eigenvalue weighted by atomic mass is 16.5. The average Bonchev–Trinajstić information content (AvgIpc) is 2.34. The third-order valence-electron chi connectivity index (χ3n) is 3.75. The Kier molecular flexibility index (Phi) is 5.56. The minimum absolute atomic E-state index is 0.0977. The Morgan fingerprint density at radius 2 is 2.11 bits per heavy atom. The van der Waals surface area contributed by atoms with Gasteiger partial charge in [-0.3, -0.25) is 9.69 Å². The Morgan fingerprint density at radius 3 is 2.67 bits per heavy atom. The van der Waals surface area contributed by atoms with Crippen molar-refractivity contribution in [2.24, 2.45) is 5.73 Å². The van der Waals surface area contributed by atoms with Gasteiger partial charge in [0, 0.05) is 39.8 Å². The van der Waals surface area contributed by atoms with E-state index in [0.29, 0.717) is 13.2 Å². The number of carbonyl (C=O) groups is 1. The number of piperazine rings is 1. The van der Waals surface area contributed by atoms with E-state index in [0.717, 1.165) is 26.1 Å². The molecule has 1 atom stereocenters. The average molecular weight is 257 g/mol. The van der Waals surface area contributed by atoms with Gasteiger partial charge in [0.1, 0.15) is 0 Å². The molecule has 0 aromatic carbocycles.